The summed E-state index contributed by atoms with van der Waals surface area (Å²) in [5.74, 6) is -1.48. The molecular formula is C26H25F3N4O4. The number of rotatable bonds is 10. The van der Waals surface area contributed by atoms with Gasteiger partial charge in [-0.25, -0.2) is 4.98 Å². The van der Waals surface area contributed by atoms with E-state index in [1.165, 1.54) is 18.3 Å². The predicted molar refractivity (Wildman–Crippen MR) is 128 cm³/mol. The first-order valence-electron chi connectivity index (χ1n) is 11.5. The van der Waals surface area contributed by atoms with E-state index in [9.17, 15) is 22.8 Å². The zero-order valence-corrected chi connectivity index (χ0v) is 20.2. The smallest absolute Gasteiger partial charge is 0.418 e. The Balaban J connectivity index is 1.84. The molecule has 0 fully saturated rings. The summed E-state index contributed by atoms with van der Waals surface area (Å²) in [6.45, 7) is 4.05. The molecule has 1 atom stereocenters. The lowest BCUT2D eigenvalue weighted by Crippen LogP contribution is -2.22. The lowest BCUT2D eigenvalue weighted by Gasteiger charge is -2.20. The second-order valence-corrected chi connectivity index (χ2v) is 8.33. The van der Waals surface area contributed by atoms with Crippen molar-refractivity contribution < 1.29 is 32.6 Å². The van der Waals surface area contributed by atoms with E-state index in [-0.39, 0.29) is 29.6 Å². The van der Waals surface area contributed by atoms with E-state index in [2.05, 4.69) is 10.3 Å². The molecule has 0 aliphatic rings. The summed E-state index contributed by atoms with van der Waals surface area (Å²) in [5, 5.41) is 20.2. The number of halogens is 3. The summed E-state index contributed by atoms with van der Waals surface area (Å²) in [4.78, 5) is 28.1. The van der Waals surface area contributed by atoms with E-state index in [0.29, 0.717) is 18.6 Å². The second kappa shape index (κ2) is 11.6. The molecule has 0 saturated heterocycles. The predicted octanol–water partition coefficient (Wildman–Crippen LogP) is 5.25. The Bertz CT molecular complexity index is 1310. The van der Waals surface area contributed by atoms with E-state index < -0.39 is 35.7 Å². The van der Waals surface area contributed by atoms with Crippen molar-refractivity contribution in [3.05, 3.63) is 76.9 Å². The average molecular weight is 515 g/mol. The third-order valence-corrected chi connectivity index (χ3v) is 5.74. The molecule has 3 rings (SSSR count). The molecule has 2 heterocycles. The van der Waals surface area contributed by atoms with Crippen molar-refractivity contribution in [3.63, 3.8) is 0 Å². The molecule has 194 valence electrons. The third-order valence-electron chi connectivity index (χ3n) is 5.74. The number of aliphatic carboxylic acids is 1. The van der Waals surface area contributed by atoms with E-state index in [0.717, 1.165) is 23.9 Å². The van der Waals surface area contributed by atoms with Gasteiger partial charge < -0.3 is 19.7 Å². The third kappa shape index (κ3) is 6.88. The molecule has 37 heavy (non-hydrogen) atoms. The Morgan fingerprint density at radius 3 is 2.57 bits per heavy atom. The molecule has 0 aliphatic heterocycles. The Kier molecular flexibility index (Phi) is 8.55. The quantitative estimate of drug-likeness (QED) is 0.382. The summed E-state index contributed by atoms with van der Waals surface area (Å²) in [6.07, 6.45) is -2.74. The number of nitrogens with zero attached hydrogens (tertiary/aromatic N) is 3. The van der Waals surface area contributed by atoms with Crippen LogP contribution < -0.4 is 10.1 Å². The number of pyridine rings is 1. The fraction of sp³-hybridized carbons (Fsp3) is 0.308. The van der Waals surface area contributed by atoms with E-state index >= 15 is 0 Å². The van der Waals surface area contributed by atoms with Crippen LogP contribution in [0.25, 0.3) is 0 Å². The van der Waals surface area contributed by atoms with Crippen molar-refractivity contribution in [1.29, 1.82) is 5.26 Å². The number of hydrogen-bond acceptors (Lipinski definition) is 5. The maximum Gasteiger partial charge on any atom is 0.418 e. The van der Waals surface area contributed by atoms with Crippen LogP contribution in [0.5, 0.6) is 5.75 Å². The van der Waals surface area contributed by atoms with Crippen LogP contribution in [0.15, 0.2) is 48.7 Å². The molecule has 0 bridgehead atoms. The van der Waals surface area contributed by atoms with Gasteiger partial charge in [0.05, 0.1) is 30.5 Å². The van der Waals surface area contributed by atoms with Gasteiger partial charge in [0.15, 0.2) is 0 Å². The van der Waals surface area contributed by atoms with Gasteiger partial charge in [-0.15, -0.1) is 0 Å². The van der Waals surface area contributed by atoms with Crippen molar-refractivity contribution in [1.82, 2.24) is 9.55 Å². The summed E-state index contributed by atoms with van der Waals surface area (Å²) < 4.78 is 48.2. The zero-order valence-electron chi connectivity index (χ0n) is 20.2. The first-order chi connectivity index (χ1) is 17.5. The minimum Gasteiger partial charge on any atom is -0.492 e. The number of alkyl halides is 3. The maximum absolute atomic E-state index is 13.6. The van der Waals surface area contributed by atoms with Crippen LogP contribution in [-0.2, 0) is 23.8 Å². The maximum atomic E-state index is 13.6. The molecule has 1 aromatic carbocycles. The monoisotopic (exact) mass is 514 g/mol. The number of carbonyl (C=O) groups excluding carboxylic acids is 1. The molecule has 1 amide bonds. The number of ether oxygens (including phenoxy) is 1. The number of nitriles is 1. The molecule has 0 spiro atoms. The molecule has 0 radical (unpaired) electrons. The fourth-order valence-corrected chi connectivity index (χ4v) is 3.80. The Morgan fingerprint density at radius 1 is 1.22 bits per heavy atom. The van der Waals surface area contributed by atoms with Gasteiger partial charge in [-0.3, -0.25) is 9.59 Å². The van der Waals surface area contributed by atoms with Crippen LogP contribution in [0.3, 0.4) is 0 Å². The first-order valence-corrected chi connectivity index (χ1v) is 11.5. The van der Waals surface area contributed by atoms with Crippen LogP contribution in [0, 0.1) is 11.3 Å². The average Bonchev–Trinajstić information content (AvgIpc) is 3.27. The van der Waals surface area contributed by atoms with Crippen LogP contribution in [0.2, 0.25) is 0 Å². The van der Waals surface area contributed by atoms with Gasteiger partial charge in [-0.1, -0.05) is 13.0 Å². The number of benzene rings is 1. The number of carboxylic acids is 1. The SMILES string of the molecule is CCC(C)n1c(CCOc2ccc(C#N)nc2)ccc1C(=O)Nc1cc(CC(=O)O)ccc1C(F)(F)F. The van der Waals surface area contributed by atoms with Crippen molar-refractivity contribution in [2.45, 2.75) is 45.3 Å². The molecule has 11 heteroatoms. The zero-order chi connectivity index (χ0) is 27.2. The number of carboxylic acid groups (broad SMARTS) is 1. The highest BCUT2D eigenvalue weighted by Gasteiger charge is 2.34. The molecular weight excluding hydrogens is 489 g/mol. The van der Waals surface area contributed by atoms with Gasteiger partial charge in [0, 0.05) is 18.2 Å². The standard InChI is InChI=1S/C26H25F3N4O4/c1-3-16(2)33-19(10-11-37-20-7-5-18(14-30)31-15-20)6-9-23(33)25(36)32-22-12-17(13-24(34)35)4-8-21(22)26(27,28)29/h4-9,12,15-16H,3,10-11,13H2,1-2H3,(H,32,36)(H,34,35). The summed E-state index contributed by atoms with van der Waals surface area (Å²) >= 11 is 0. The van der Waals surface area contributed by atoms with E-state index in [1.807, 2.05) is 19.9 Å². The van der Waals surface area contributed by atoms with Gasteiger partial charge in [-0.2, -0.15) is 18.4 Å². The molecule has 3 aromatic rings. The highest BCUT2D eigenvalue weighted by Crippen LogP contribution is 2.36. The molecule has 8 nitrogen and oxygen atoms in total. The number of amides is 1. The first kappa shape index (κ1) is 27.3. The van der Waals surface area contributed by atoms with Crippen molar-refractivity contribution in [2.24, 2.45) is 0 Å². The minimum atomic E-state index is -4.74. The van der Waals surface area contributed by atoms with Crippen LogP contribution in [0.4, 0.5) is 18.9 Å². The van der Waals surface area contributed by atoms with Gasteiger partial charge in [0.2, 0.25) is 0 Å². The van der Waals surface area contributed by atoms with Crippen molar-refractivity contribution in [3.8, 4) is 11.8 Å². The number of anilines is 1. The topological polar surface area (TPSA) is 117 Å². The van der Waals surface area contributed by atoms with Gasteiger partial charge in [-0.05, 0) is 55.3 Å². The van der Waals surface area contributed by atoms with Crippen molar-refractivity contribution in [2.75, 3.05) is 11.9 Å². The number of hydrogen-bond donors (Lipinski definition) is 2. The summed E-state index contributed by atoms with van der Waals surface area (Å²) in [7, 11) is 0. The minimum absolute atomic E-state index is 0.128. The van der Waals surface area contributed by atoms with Gasteiger partial charge in [0.25, 0.3) is 5.91 Å². The van der Waals surface area contributed by atoms with Crippen LogP contribution >= 0.6 is 0 Å². The normalized spacial score (nSPS) is 12.0. The van der Waals surface area contributed by atoms with Gasteiger partial charge >= 0.3 is 12.1 Å². The number of nitrogens with one attached hydrogen (secondary N) is 1. The van der Waals surface area contributed by atoms with Crippen molar-refractivity contribution >= 4 is 17.6 Å². The second-order valence-electron chi connectivity index (χ2n) is 8.33. The van der Waals surface area contributed by atoms with E-state index in [4.69, 9.17) is 15.1 Å². The summed E-state index contributed by atoms with van der Waals surface area (Å²) in [5.41, 5.74) is -0.273. The fourth-order valence-electron chi connectivity index (χ4n) is 3.80. The largest absolute Gasteiger partial charge is 0.492 e. The Morgan fingerprint density at radius 2 is 1.97 bits per heavy atom. The molecule has 0 aliphatic carbocycles. The highest BCUT2D eigenvalue weighted by atomic mass is 19.4. The highest BCUT2D eigenvalue weighted by molar-refractivity contribution is 6.04. The van der Waals surface area contributed by atoms with Crippen LogP contribution in [0.1, 0.15) is 59.3 Å². The molecule has 0 saturated carbocycles. The number of carbonyl (C=O) groups is 2. The van der Waals surface area contributed by atoms with E-state index in [1.54, 1.807) is 16.7 Å². The summed E-state index contributed by atoms with van der Waals surface area (Å²) in [6, 6.07) is 11.1. The van der Waals surface area contributed by atoms with Crippen LogP contribution in [-0.4, -0.2) is 33.1 Å². The number of aromatic nitrogens is 2. The van der Waals surface area contributed by atoms with Gasteiger partial charge in [0.1, 0.15) is 23.2 Å². The molecule has 1 unspecified atom stereocenters. The lowest BCUT2D eigenvalue weighted by atomic mass is 10.1. The Labute approximate surface area is 211 Å². The Hall–Kier alpha value is -4.33. The molecule has 2 N–H and O–H groups in total. The lowest BCUT2D eigenvalue weighted by molar-refractivity contribution is -0.137. The molecule has 2 aromatic heterocycles.